The number of aromatic nitrogens is 2. The average molecular weight is 275 g/mol. The molecular weight excluding hydrogens is 258 g/mol. The van der Waals surface area contributed by atoms with Gasteiger partial charge < -0.3 is 15.2 Å². The Balaban J connectivity index is 2.31. The van der Waals surface area contributed by atoms with Gasteiger partial charge in [0.1, 0.15) is 11.5 Å². The summed E-state index contributed by atoms with van der Waals surface area (Å²) in [4.78, 5) is 11.7. The van der Waals surface area contributed by atoms with Gasteiger partial charge in [-0.15, -0.1) is 0 Å². The quantitative estimate of drug-likeness (QED) is 0.879. The zero-order chi connectivity index (χ0) is 14.5. The fraction of sp³-hybridized carbons (Fsp3) is 0.286. The van der Waals surface area contributed by atoms with Crippen LogP contribution in [0.15, 0.2) is 41.3 Å². The third-order valence-electron chi connectivity index (χ3n) is 2.99. The SMILES string of the molecule is COc1ccc(OC)c(C(N)Cn2ncccc2=O)c1. The van der Waals surface area contributed by atoms with Gasteiger partial charge in [-0.2, -0.15) is 5.10 Å². The lowest BCUT2D eigenvalue weighted by Crippen LogP contribution is -2.28. The summed E-state index contributed by atoms with van der Waals surface area (Å²) in [6.45, 7) is 0.267. The van der Waals surface area contributed by atoms with Gasteiger partial charge in [-0.3, -0.25) is 4.79 Å². The minimum Gasteiger partial charge on any atom is -0.497 e. The molecule has 1 aromatic heterocycles. The molecule has 20 heavy (non-hydrogen) atoms. The molecule has 6 heteroatoms. The molecule has 1 unspecified atom stereocenters. The molecule has 2 aromatic rings. The number of hydrogen-bond acceptors (Lipinski definition) is 5. The van der Waals surface area contributed by atoms with Crippen molar-refractivity contribution in [3.05, 3.63) is 52.4 Å². The largest absolute Gasteiger partial charge is 0.497 e. The lowest BCUT2D eigenvalue weighted by atomic mass is 10.1. The van der Waals surface area contributed by atoms with Crippen molar-refractivity contribution in [3.8, 4) is 11.5 Å². The molecule has 0 saturated heterocycles. The molecule has 2 N–H and O–H groups in total. The van der Waals surface area contributed by atoms with Crippen LogP contribution >= 0.6 is 0 Å². The average Bonchev–Trinajstić information content (AvgIpc) is 2.48. The second-order valence-electron chi connectivity index (χ2n) is 4.26. The molecule has 0 spiro atoms. The maximum Gasteiger partial charge on any atom is 0.266 e. The maximum atomic E-state index is 11.7. The fourth-order valence-electron chi connectivity index (χ4n) is 1.94. The summed E-state index contributed by atoms with van der Waals surface area (Å²) in [6.07, 6.45) is 1.55. The van der Waals surface area contributed by atoms with Crippen LogP contribution < -0.4 is 20.8 Å². The van der Waals surface area contributed by atoms with Gasteiger partial charge in [0.2, 0.25) is 0 Å². The molecule has 0 aliphatic carbocycles. The van der Waals surface area contributed by atoms with Crippen LogP contribution in [0.3, 0.4) is 0 Å². The third-order valence-corrected chi connectivity index (χ3v) is 2.99. The van der Waals surface area contributed by atoms with E-state index in [0.717, 1.165) is 5.56 Å². The molecule has 106 valence electrons. The Kier molecular flexibility index (Phi) is 4.37. The first-order chi connectivity index (χ1) is 9.65. The molecule has 0 amide bonds. The second-order valence-corrected chi connectivity index (χ2v) is 4.26. The molecule has 6 nitrogen and oxygen atoms in total. The minimum absolute atomic E-state index is 0.190. The van der Waals surface area contributed by atoms with Crippen LogP contribution in [0.5, 0.6) is 11.5 Å². The lowest BCUT2D eigenvalue weighted by molar-refractivity contribution is 0.389. The van der Waals surface area contributed by atoms with E-state index in [0.29, 0.717) is 11.5 Å². The maximum absolute atomic E-state index is 11.7. The Morgan fingerprint density at radius 1 is 1.30 bits per heavy atom. The monoisotopic (exact) mass is 275 g/mol. The van der Waals surface area contributed by atoms with Crippen LogP contribution in [0.4, 0.5) is 0 Å². The van der Waals surface area contributed by atoms with E-state index < -0.39 is 6.04 Å². The summed E-state index contributed by atoms with van der Waals surface area (Å²) >= 11 is 0. The van der Waals surface area contributed by atoms with Gasteiger partial charge in [-0.05, 0) is 24.3 Å². The molecule has 1 heterocycles. The lowest BCUT2D eigenvalue weighted by Gasteiger charge is -2.17. The third kappa shape index (κ3) is 2.97. The highest BCUT2D eigenvalue weighted by Crippen LogP contribution is 2.28. The van der Waals surface area contributed by atoms with Gasteiger partial charge in [0.05, 0.1) is 26.8 Å². The first-order valence-corrected chi connectivity index (χ1v) is 6.15. The van der Waals surface area contributed by atoms with Crippen molar-refractivity contribution in [2.24, 2.45) is 5.73 Å². The fourth-order valence-corrected chi connectivity index (χ4v) is 1.94. The standard InChI is InChI=1S/C14H17N3O3/c1-19-10-5-6-13(20-2)11(8-10)12(15)9-17-14(18)4-3-7-16-17/h3-8,12H,9,15H2,1-2H3. The minimum atomic E-state index is -0.423. The van der Waals surface area contributed by atoms with Crippen molar-refractivity contribution >= 4 is 0 Å². The summed E-state index contributed by atoms with van der Waals surface area (Å²) in [5.74, 6) is 1.34. The summed E-state index contributed by atoms with van der Waals surface area (Å²) in [5, 5.41) is 3.99. The van der Waals surface area contributed by atoms with Gasteiger partial charge in [0.15, 0.2) is 0 Å². The molecule has 0 aliphatic rings. The Bertz CT molecular complexity index is 640. The molecule has 0 aliphatic heterocycles. The number of hydrogen-bond donors (Lipinski definition) is 1. The zero-order valence-electron chi connectivity index (χ0n) is 11.4. The van der Waals surface area contributed by atoms with E-state index >= 15 is 0 Å². The van der Waals surface area contributed by atoms with Gasteiger partial charge >= 0.3 is 0 Å². The predicted molar refractivity (Wildman–Crippen MR) is 75.0 cm³/mol. The van der Waals surface area contributed by atoms with Crippen LogP contribution in [-0.4, -0.2) is 24.0 Å². The highest BCUT2D eigenvalue weighted by Gasteiger charge is 2.14. The number of rotatable bonds is 5. The van der Waals surface area contributed by atoms with E-state index in [9.17, 15) is 4.79 Å². The Labute approximate surface area is 116 Å². The number of nitrogens with zero attached hydrogens (tertiary/aromatic N) is 2. The molecule has 0 saturated carbocycles. The van der Waals surface area contributed by atoms with E-state index in [4.69, 9.17) is 15.2 Å². The normalized spacial score (nSPS) is 11.9. The Morgan fingerprint density at radius 3 is 2.75 bits per heavy atom. The smallest absolute Gasteiger partial charge is 0.266 e. The Morgan fingerprint density at radius 2 is 2.10 bits per heavy atom. The van der Waals surface area contributed by atoms with Crippen molar-refractivity contribution in [1.82, 2.24) is 9.78 Å². The summed E-state index contributed by atoms with van der Waals surface area (Å²) in [6, 6.07) is 8.00. The van der Waals surface area contributed by atoms with E-state index in [1.54, 1.807) is 44.7 Å². The van der Waals surface area contributed by atoms with Gasteiger partial charge in [-0.1, -0.05) is 0 Å². The van der Waals surface area contributed by atoms with Crippen LogP contribution in [0.1, 0.15) is 11.6 Å². The number of benzene rings is 1. The summed E-state index contributed by atoms with van der Waals surface area (Å²) in [7, 11) is 3.16. The van der Waals surface area contributed by atoms with Crippen LogP contribution in [0.25, 0.3) is 0 Å². The topological polar surface area (TPSA) is 79.4 Å². The molecule has 2 rings (SSSR count). The van der Waals surface area contributed by atoms with Gasteiger partial charge in [0, 0.05) is 17.8 Å². The van der Waals surface area contributed by atoms with E-state index in [1.807, 2.05) is 0 Å². The molecular formula is C14H17N3O3. The number of nitrogens with two attached hydrogens (primary N) is 1. The first-order valence-electron chi connectivity index (χ1n) is 6.15. The van der Waals surface area contributed by atoms with Crippen LogP contribution in [-0.2, 0) is 6.54 Å². The van der Waals surface area contributed by atoms with E-state index in [1.165, 1.54) is 10.7 Å². The molecule has 0 fully saturated rings. The first kappa shape index (κ1) is 14.1. The summed E-state index contributed by atoms with van der Waals surface area (Å²) in [5.41, 5.74) is 6.74. The molecule has 0 radical (unpaired) electrons. The van der Waals surface area contributed by atoms with Crippen LogP contribution in [0, 0.1) is 0 Å². The van der Waals surface area contributed by atoms with Gasteiger partial charge in [-0.25, -0.2) is 4.68 Å². The second kappa shape index (κ2) is 6.21. The van der Waals surface area contributed by atoms with Crippen molar-refractivity contribution in [2.45, 2.75) is 12.6 Å². The molecule has 1 aromatic carbocycles. The van der Waals surface area contributed by atoms with Crippen molar-refractivity contribution < 1.29 is 9.47 Å². The Hall–Kier alpha value is -2.34. The number of ether oxygens (including phenoxy) is 2. The highest BCUT2D eigenvalue weighted by molar-refractivity contribution is 5.42. The van der Waals surface area contributed by atoms with Crippen molar-refractivity contribution in [1.29, 1.82) is 0 Å². The van der Waals surface area contributed by atoms with E-state index in [2.05, 4.69) is 5.10 Å². The molecule has 1 atom stereocenters. The highest BCUT2D eigenvalue weighted by atomic mass is 16.5. The molecule has 0 bridgehead atoms. The van der Waals surface area contributed by atoms with Crippen LogP contribution in [0.2, 0.25) is 0 Å². The van der Waals surface area contributed by atoms with Gasteiger partial charge in [0.25, 0.3) is 5.56 Å². The predicted octanol–water partition coefficient (Wildman–Crippen LogP) is 0.961. The zero-order valence-corrected chi connectivity index (χ0v) is 11.4. The van der Waals surface area contributed by atoms with Crippen molar-refractivity contribution in [3.63, 3.8) is 0 Å². The summed E-state index contributed by atoms with van der Waals surface area (Å²) < 4.78 is 11.8. The van der Waals surface area contributed by atoms with Crippen molar-refractivity contribution in [2.75, 3.05) is 14.2 Å². The van der Waals surface area contributed by atoms with E-state index in [-0.39, 0.29) is 12.1 Å². The number of methoxy groups -OCH3 is 2.